The van der Waals surface area contributed by atoms with Crippen molar-refractivity contribution in [2.75, 3.05) is 13.1 Å². The molecular formula is C16H26ClN3OS. The normalized spacial score (nSPS) is 22.6. The number of carbonyl (C=O) groups excluding carboxylic acids is 1. The first-order valence-corrected chi connectivity index (χ1v) is 9.13. The minimum Gasteiger partial charge on any atom is -0.334 e. The molecule has 1 aliphatic heterocycles. The van der Waals surface area contributed by atoms with Crippen LogP contribution in [0.25, 0.3) is 0 Å². The van der Waals surface area contributed by atoms with Crippen LogP contribution in [0.1, 0.15) is 60.4 Å². The fourth-order valence-corrected chi connectivity index (χ4v) is 4.64. The van der Waals surface area contributed by atoms with E-state index in [1.165, 1.54) is 38.5 Å². The van der Waals surface area contributed by atoms with Crippen LogP contribution >= 0.6 is 23.7 Å². The van der Waals surface area contributed by atoms with Gasteiger partial charge in [-0.3, -0.25) is 4.79 Å². The van der Waals surface area contributed by atoms with Crippen LogP contribution in [0.2, 0.25) is 0 Å². The van der Waals surface area contributed by atoms with Gasteiger partial charge in [0.15, 0.2) is 0 Å². The molecule has 2 fully saturated rings. The van der Waals surface area contributed by atoms with Crippen molar-refractivity contribution in [2.24, 2.45) is 11.7 Å². The van der Waals surface area contributed by atoms with Gasteiger partial charge >= 0.3 is 0 Å². The maximum atomic E-state index is 12.8. The van der Waals surface area contributed by atoms with Gasteiger partial charge in [-0.05, 0) is 38.1 Å². The maximum Gasteiger partial charge on any atom is 0.273 e. The lowest BCUT2D eigenvalue weighted by molar-refractivity contribution is 0.0656. The molecule has 1 amide bonds. The highest BCUT2D eigenvalue weighted by atomic mass is 35.5. The Balaban J connectivity index is 0.00000176. The highest BCUT2D eigenvalue weighted by molar-refractivity contribution is 7.09. The summed E-state index contributed by atoms with van der Waals surface area (Å²) in [5.41, 5.74) is 6.19. The van der Waals surface area contributed by atoms with E-state index in [0.29, 0.717) is 24.2 Å². The van der Waals surface area contributed by atoms with Crippen molar-refractivity contribution in [3.8, 4) is 0 Å². The molecule has 3 rings (SSSR count). The summed E-state index contributed by atoms with van der Waals surface area (Å²) in [6, 6.07) is 0.456. The highest BCUT2D eigenvalue weighted by Crippen LogP contribution is 2.35. The number of nitrogens with zero attached hydrogens (tertiary/aromatic N) is 2. The predicted octanol–water partition coefficient (Wildman–Crippen LogP) is 3.25. The molecule has 1 unspecified atom stereocenters. The second kappa shape index (κ2) is 8.27. The smallest absolute Gasteiger partial charge is 0.273 e. The second-order valence-corrected chi connectivity index (χ2v) is 7.21. The van der Waals surface area contributed by atoms with Gasteiger partial charge in [-0.2, -0.15) is 0 Å². The van der Waals surface area contributed by atoms with Gasteiger partial charge in [0.2, 0.25) is 0 Å². The summed E-state index contributed by atoms with van der Waals surface area (Å²) in [5, 5.41) is 2.89. The van der Waals surface area contributed by atoms with Gasteiger partial charge < -0.3 is 10.6 Å². The molecule has 1 saturated heterocycles. The SMILES string of the molecule is Cl.NCCc1nc(C(=O)N2CCCC2C2CCCCC2)cs1. The average molecular weight is 344 g/mol. The number of halogens is 1. The number of thiazole rings is 1. The number of amides is 1. The molecular weight excluding hydrogens is 318 g/mol. The Bertz CT molecular complexity index is 487. The summed E-state index contributed by atoms with van der Waals surface area (Å²) in [4.78, 5) is 19.3. The second-order valence-electron chi connectivity index (χ2n) is 6.27. The molecule has 124 valence electrons. The Morgan fingerprint density at radius 1 is 1.27 bits per heavy atom. The van der Waals surface area contributed by atoms with Crippen LogP contribution in [0.4, 0.5) is 0 Å². The highest BCUT2D eigenvalue weighted by Gasteiger charge is 2.36. The minimum atomic E-state index is 0. The third kappa shape index (κ3) is 3.81. The van der Waals surface area contributed by atoms with Crippen LogP contribution in [-0.4, -0.2) is 34.9 Å². The van der Waals surface area contributed by atoms with Gasteiger partial charge in [-0.25, -0.2) is 4.98 Å². The third-order valence-corrected chi connectivity index (χ3v) is 5.79. The summed E-state index contributed by atoms with van der Waals surface area (Å²) in [7, 11) is 0. The Labute approximate surface area is 142 Å². The third-order valence-electron chi connectivity index (χ3n) is 4.88. The van der Waals surface area contributed by atoms with Gasteiger partial charge in [0.1, 0.15) is 5.69 Å². The Kier molecular flexibility index (Phi) is 6.66. The van der Waals surface area contributed by atoms with Crippen molar-refractivity contribution in [3.63, 3.8) is 0 Å². The standard InChI is InChI=1S/C16H25N3OS.ClH/c17-9-8-15-18-13(11-21-15)16(20)19-10-4-7-14(19)12-5-2-1-3-6-12;/h11-12,14H,1-10,17H2;1H. The molecule has 1 saturated carbocycles. The van der Waals surface area contributed by atoms with Crippen LogP contribution in [0.15, 0.2) is 5.38 Å². The summed E-state index contributed by atoms with van der Waals surface area (Å²) in [6.45, 7) is 1.50. The molecule has 1 atom stereocenters. The van der Waals surface area contributed by atoms with E-state index in [2.05, 4.69) is 9.88 Å². The predicted molar refractivity (Wildman–Crippen MR) is 92.8 cm³/mol. The fraction of sp³-hybridized carbons (Fsp3) is 0.750. The number of hydrogen-bond acceptors (Lipinski definition) is 4. The van der Waals surface area contributed by atoms with E-state index in [0.717, 1.165) is 24.4 Å². The largest absolute Gasteiger partial charge is 0.334 e. The number of carbonyl (C=O) groups is 1. The quantitative estimate of drug-likeness (QED) is 0.912. The molecule has 2 heterocycles. The van der Waals surface area contributed by atoms with Crippen LogP contribution in [0, 0.1) is 5.92 Å². The molecule has 2 aliphatic rings. The molecule has 1 aromatic rings. The Morgan fingerprint density at radius 2 is 2.05 bits per heavy atom. The van der Waals surface area contributed by atoms with E-state index in [1.54, 1.807) is 11.3 Å². The van der Waals surface area contributed by atoms with Gasteiger partial charge in [-0.15, -0.1) is 23.7 Å². The van der Waals surface area contributed by atoms with Crippen LogP contribution < -0.4 is 5.73 Å². The molecule has 0 bridgehead atoms. The lowest BCUT2D eigenvalue weighted by Crippen LogP contribution is -2.40. The lowest BCUT2D eigenvalue weighted by Gasteiger charge is -2.33. The van der Waals surface area contributed by atoms with E-state index < -0.39 is 0 Å². The molecule has 0 radical (unpaired) electrons. The van der Waals surface area contributed by atoms with E-state index in [4.69, 9.17) is 5.73 Å². The van der Waals surface area contributed by atoms with Gasteiger partial charge in [0.25, 0.3) is 5.91 Å². The van der Waals surface area contributed by atoms with E-state index in [-0.39, 0.29) is 18.3 Å². The molecule has 6 heteroatoms. The Morgan fingerprint density at radius 3 is 2.77 bits per heavy atom. The summed E-state index contributed by atoms with van der Waals surface area (Å²) < 4.78 is 0. The summed E-state index contributed by atoms with van der Waals surface area (Å²) in [5.74, 6) is 0.856. The van der Waals surface area contributed by atoms with E-state index in [1.807, 2.05) is 5.38 Å². The number of hydrogen-bond donors (Lipinski definition) is 1. The zero-order valence-corrected chi connectivity index (χ0v) is 14.6. The van der Waals surface area contributed by atoms with Gasteiger partial charge in [0, 0.05) is 24.4 Å². The van der Waals surface area contributed by atoms with Crippen LogP contribution in [0.5, 0.6) is 0 Å². The summed E-state index contributed by atoms with van der Waals surface area (Å²) >= 11 is 1.56. The monoisotopic (exact) mass is 343 g/mol. The molecule has 22 heavy (non-hydrogen) atoms. The van der Waals surface area contributed by atoms with Crippen molar-refractivity contribution in [3.05, 3.63) is 16.1 Å². The lowest BCUT2D eigenvalue weighted by atomic mass is 9.83. The molecule has 1 aliphatic carbocycles. The number of likely N-dealkylation sites (tertiary alicyclic amines) is 1. The topological polar surface area (TPSA) is 59.2 Å². The van der Waals surface area contributed by atoms with Crippen molar-refractivity contribution in [1.29, 1.82) is 0 Å². The van der Waals surface area contributed by atoms with Crippen molar-refractivity contribution in [1.82, 2.24) is 9.88 Å². The first-order valence-electron chi connectivity index (χ1n) is 8.25. The first-order chi connectivity index (χ1) is 10.3. The van der Waals surface area contributed by atoms with Crippen LogP contribution in [-0.2, 0) is 6.42 Å². The Hall–Kier alpha value is -0.650. The molecule has 0 spiro atoms. The minimum absolute atomic E-state index is 0. The van der Waals surface area contributed by atoms with E-state index >= 15 is 0 Å². The van der Waals surface area contributed by atoms with Crippen molar-refractivity contribution < 1.29 is 4.79 Å². The first kappa shape index (κ1) is 17.7. The van der Waals surface area contributed by atoms with Crippen molar-refractivity contribution in [2.45, 2.75) is 57.4 Å². The molecule has 4 nitrogen and oxygen atoms in total. The fourth-order valence-electron chi connectivity index (χ4n) is 3.85. The number of nitrogens with two attached hydrogens (primary N) is 1. The number of aromatic nitrogens is 1. The van der Waals surface area contributed by atoms with Crippen LogP contribution in [0.3, 0.4) is 0 Å². The number of rotatable bonds is 4. The zero-order valence-electron chi connectivity index (χ0n) is 13.0. The molecule has 1 aromatic heterocycles. The maximum absolute atomic E-state index is 12.8. The molecule has 2 N–H and O–H groups in total. The molecule has 0 aromatic carbocycles. The van der Waals surface area contributed by atoms with Gasteiger partial charge in [0.05, 0.1) is 5.01 Å². The van der Waals surface area contributed by atoms with E-state index in [9.17, 15) is 4.79 Å². The zero-order chi connectivity index (χ0) is 14.7. The summed E-state index contributed by atoms with van der Waals surface area (Å²) in [6.07, 6.45) is 9.72. The average Bonchev–Trinajstić information content (AvgIpc) is 3.17. The van der Waals surface area contributed by atoms with Crippen molar-refractivity contribution >= 4 is 29.7 Å². The van der Waals surface area contributed by atoms with Gasteiger partial charge in [-0.1, -0.05) is 19.3 Å².